The molecule has 0 aliphatic rings. The fourth-order valence-corrected chi connectivity index (χ4v) is 2.70. The van der Waals surface area contributed by atoms with Gasteiger partial charge in [0.25, 0.3) is 0 Å². The first-order valence-electron chi connectivity index (χ1n) is 7.07. The van der Waals surface area contributed by atoms with E-state index in [9.17, 15) is 0 Å². The van der Waals surface area contributed by atoms with Crippen LogP contribution in [0, 0.1) is 0 Å². The number of nitrogens with zero attached hydrogens (tertiary/aromatic N) is 1. The molecule has 21 heavy (non-hydrogen) atoms. The minimum Gasteiger partial charge on any atom is -0.382 e. The van der Waals surface area contributed by atoms with Crippen molar-refractivity contribution in [3.8, 4) is 0 Å². The van der Waals surface area contributed by atoms with Crippen LogP contribution in [0.3, 0.4) is 0 Å². The van der Waals surface area contributed by atoms with E-state index in [1.165, 1.54) is 5.56 Å². The highest BCUT2D eigenvalue weighted by Gasteiger charge is 2.07. The van der Waals surface area contributed by atoms with Gasteiger partial charge in [0.1, 0.15) is 0 Å². The van der Waals surface area contributed by atoms with Gasteiger partial charge in [-0.05, 0) is 43.2 Å². The van der Waals surface area contributed by atoms with Crippen LogP contribution in [0.25, 0.3) is 10.9 Å². The highest BCUT2D eigenvalue weighted by molar-refractivity contribution is 6.31. The molecule has 0 saturated heterocycles. The smallest absolute Gasteiger partial charge is 0.0737 e. The Morgan fingerprint density at radius 2 is 1.90 bits per heavy atom. The number of anilines is 1. The summed E-state index contributed by atoms with van der Waals surface area (Å²) in [6.45, 7) is 2.19. The van der Waals surface area contributed by atoms with Gasteiger partial charge in [-0.2, -0.15) is 0 Å². The lowest BCUT2D eigenvalue weighted by Gasteiger charge is -2.17. The zero-order valence-corrected chi connectivity index (χ0v) is 12.6. The molecule has 1 N–H and O–H groups in total. The van der Waals surface area contributed by atoms with Crippen molar-refractivity contribution in [1.29, 1.82) is 0 Å². The van der Waals surface area contributed by atoms with Gasteiger partial charge in [0.2, 0.25) is 0 Å². The maximum atomic E-state index is 6.02. The van der Waals surface area contributed by atoms with Crippen molar-refractivity contribution in [2.75, 3.05) is 5.32 Å². The van der Waals surface area contributed by atoms with Crippen LogP contribution in [0.5, 0.6) is 0 Å². The first-order chi connectivity index (χ1) is 10.2. The van der Waals surface area contributed by atoms with E-state index in [-0.39, 0.29) is 0 Å². The summed E-state index contributed by atoms with van der Waals surface area (Å²) in [5.41, 5.74) is 3.35. The molecule has 0 radical (unpaired) electrons. The Kier molecular flexibility index (Phi) is 4.07. The lowest BCUT2D eigenvalue weighted by Crippen LogP contribution is -2.18. The minimum absolute atomic E-state index is 0.341. The number of aromatic nitrogens is 1. The van der Waals surface area contributed by atoms with Gasteiger partial charge in [-0.25, -0.2) is 0 Å². The van der Waals surface area contributed by atoms with Crippen molar-refractivity contribution >= 4 is 28.2 Å². The number of halogens is 1. The largest absolute Gasteiger partial charge is 0.382 e. The molecule has 0 bridgehead atoms. The van der Waals surface area contributed by atoms with Crippen LogP contribution in [0.4, 0.5) is 5.69 Å². The first-order valence-corrected chi connectivity index (χ1v) is 7.45. The molecule has 0 saturated carbocycles. The van der Waals surface area contributed by atoms with Crippen molar-refractivity contribution in [2.45, 2.75) is 19.4 Å². The van der Waals surface area contributed by atoms with Crippen molar-refractivity contribution in [3.63, 3.8) is 0 Å². The molecule has 3 rings (SSSR count). The average Bonchev–Trinajstić information content (AvgIpc) is 2.48. The van der Waals surface area contributed by atoms with Gasteiger partial charge in [-0.1, -0.05) is 41.9 Å². The van der Waals surface area contributed by atoms with E-state index in [0.717, 1.165) is 23.0 Å². The van der Waals surface area contributed by atoms with Gasteiger partial charge in [0.15, 0.2) is 0 Å². The quantitative estimate of drug-likeness (QED) is 0.738. The van der Waals surface area contributed by atoms with E-state index >= 15 is 0 Å². The maximum Gasteiger partial charge on any atom is 0.0737 e. The molecular formula is C18H17ClN2. The molecule has 0 spiro atoms. The molecule has 3 aromatic rings. The Labute approximate surface area is 129 Å². The summed E-state index contributed by atoms with van der Waals surface area (Å²) in [7, 11) is 0. The number of hydrogen-bond acceptors (Lipinski definition) is 2. The summed E-state index contributed by atoms with van der Waals surface area (Å²) in [4.78, 5) is 4.37. The van der Waals surface area contributed by atoms with Crippen LogP contribution in [0.2, 0.25) is 5.02 Å². The molecule has 3 heteroatoms. The minimum atomic E-state index is 0.341. The zero-order valence-electron chi connectivity index (χ0n) is 11.9. The van der Waals surface area contributed by atoms with Gasteiger partial charge in [-0.15, -0.1) is 0 Å². The van der Waals surface area contributed by atoms with Crippen LogP contribution >= 0.6 is 11.6 Å². The van der Waals surface area contributed by atoms with Gasteiger partial charge >= 0.3 is 0 Å². The van der Waals surface area contributed by atoms with E-state index in [0.29, 0.717) is 11.1 Å². The Morgan fingerprint density at radius 3 is 2.71 bits per heavy atom. The molecule has 0 aliphatic carbocycles. The summed E-state index contributed by atoms with van der Waals surface area (Å²) in [5, 5.41) is 5.38. The van der Waals surface area contributed by atoms with Crippen LogP contribution < -0.4 is 5.32 Å². The third kappa shape index (κ3) is 3.34. The van der Waals surface area contributed by atoms with E-state index in [4.69, 9.17) is 11.6 Å². The van der Waals surface area contributed by atoms with Gasteiger partial charge < -0.3 is 5.32 Å². The van der Waals surface area contributed by atoms with Crippen molar-refractivity contribution < 1.29 is 0 Å². The topological polar surface area (TPSA) is 24.9 Å². The fourth-order valence-electron chi connectivity index (χ4n) is 2.53. The Bertz CT molecular complexity index is 741. The highest BCUT2D eigenvalue weighted by atomic mass is 35.5. The molecule has 1 heterocycles. The van der Waals surface area contributed by atoms with E-state index in [1.807, 2.05) is 36.5 Å². The number of pyridine rings is 1. The summed E-state index contributed by atoms with van der Waals surface area (Å²) >= 11 is 6.02. The van der Waals surface area contributed by atoms with Crippen molar-refractivity contribution in [2.24, 2.45) is 0 Å². The predicted molar refractivity (Wildman–Crippen MR) is 90.0 cm³/mol. The first kappa shape index (κ1) is 13.9. The second-order valence-electron chi connectivity index (χ2n) is 5.26. The summed E-state index contributed by atoms with van der Waals surface area (Å²) in [6, 6.07) is 18.7. The summed E-state index contributed by atoms with van der Waals surface area (Å²) < 4.78 is 0. The number of rotatable bonds is 4. The molecule has 2 nitrogen and oxygen atoms in total. The maximum absolute atomic E-state index is 6.02. The fraction of sp³-hybridized carbons (Fsp3) is 0.167. The van der Waals surface area contributed by atoms with Gasteiger partial charge in [-0.3, -0.25) is 4.98 Å². The second kappa shape index (κ2) is 6.15. The van der Waals surface area contributed by atoms with Crippen molar-refractivity contribution in [1.82, 2.24) is 4.98 Å². The van der Waals surface area contributed by atoms with E-state index in [2.05, 4.69) is 41.5 Å². The van der Waals surface area contributed by atoms with Gasteiger partial charge in [0, 0.05) is 28.3 Å². The highest BCUT2D eigenvalue weighted by Crippen LogP contribution is 2.25. The third-order valence-corrected chi connectivity index (χ3v) is 3.73. The molecular weight excluding hydrogens is 280 g/mol. The molecule has 0 unspecified atom stereocenters. The Balaban J connectivity index is 1.81. The zero-order chi connectivity index (χ0) is 14.7. The molecule has 0 amide bonds. The van der Waals surface area contributed by atoms with E-state index in [1.54, 1.807) is 0 Å². The van der Waals surface area contributed by atoms with E-state index < -0.39 is 0 Å². The summed E-state index contributed by atoms with van der Waals surface area (Å²) in [6.07, 6.45) is 2.80. The molecule has 0 aliphatic heterocycles. The standard InChI is InChI=1S/C18H17ClN2/c1-13(11-14-5-3-2-4-6-14)21-17-9-10-20-18-12-15(19)7-8-16(17)18/h2-10,12-13H,11H2,1H3,(H,20,21)/t13-/m1/s1. The lowest BCUT2D eigenvalue weighted by atomic mass is 10.1. The number of hydrogen-bond donors (Lipinski definition) is 1. The number of nitrogens with one attached hydrogen (secondary N) is 1. The SMILES string of the molecule is C[C@H](Cc1ccccc1)Nc1ccnc2cc(Cl)ccc12. The number of benzene rings is 2. The van der Waals surface area contributed by atoms with Crippen molar-refractivity contribution in [3.05, 3.63) is 71.4 Å². The monoisotopic (exact) mass is 296 g/mol. The molecule has 106 valence electrons. The molecule has 2 aromatic carbocycles. The van der Waals surface area contributed by atoms with Crippen LogP contribution in [-0.4, -0.2) is 11.0 Å². The Morgan fingerprint density at radius 1 is 1.10 bits per heavy atom. The molecule has 1 atom stereocenters. The number of fused-ring (bicyclic) bond motifs is 1. The lowest BCUT2D eigenvalue weighted by molar-refractivity contribution is 0.791. The van der Waals surface area contributed by atoms with Crippen LogP contribution in [-0.2, 0) is 6.42 Å². The average molecular weight is 297 g/mol. The summed E-state index contributed by atoms with van der Waals surface area (Å²) in [5.74, 6) is 0. The van der Waals surface area contributed by atoms with Crippen LogP contribution in [0.15, 0.2) is 60.8 Å². The predicted octanol–water partition coefficient (Wildman–Crippen LogP) is 4.93. The third-order valence-electron chi connectivity index (χ3n) is 3.49. The molecule has 1 aromatic heterocycles. The normalized spacial score (nSPS) is 12.3. The second-order valence-corrected chi connectivity index (χ2v) is 5.69. The molecule has 0 fully saturated rings. The van der Waals surface area contributed by atoms with Crippen LogP contribution in [0.1, 0.15) is 12.5 Å². The van der Waals surface area contributed by atoms with Gasteiger partial charge in [0.05, 0.1) is 5.52 Å². The Hall–Kier alpha value is -2.06.